The summed E-state index contributed by atoms with van der Waals surface area (Å²) in [6, 6.07) is 16.0. The Hall–Kier alpha value is -3.81. The zero-order valence-corrected chi connectivity index (χ0v) is 19.2. The minimum atomic E-state index is -0.249. The molecule has 4 aromatic rings. The molecule has 0 saturated heterocycles. The van der Waals surface area contributed by atoms with Crippen molar-refractivity contribution in [2.75, 3.05) is 0 Å². The molecule has 2 aromatic carbocycles. The van der Waals surface area contributed by atoms with Crippen molar-refractivity contribution in [3.05, 3.63) is 76.0 Å². The minimum Gasteiger partial charge on any atom is -0.291 e. The lowest BCUT2D eigenvalue weighted by Gasteiger charge is -2.10. The first-order chi connectivity index (χ1) is 16.0. The molecule has 0 aliphatic carbocycles. The van der Waals surface area contributed by atoms with Crippen molar-refractivity contribution < 1.29 is 4.79 Å². The molecule has 2 aromatic heterocycles. The van der Waals surface area contributed by atoms with Crippen molar-refractivity contribution in [3.8, 4) is 22.5 Å². The summed E-state index contributed by atoms with van der Waals surface area (Å²) in [6.45, 7) is 6.32. The largest absolute Gasteiger partial charge is 0.335 e. The summed E-state index contributed by atoms with van der Waals surface area (Å²) in [5.41, 5.74) is 5.34. The predicted octanol–water partition coefficient (Wildman–Crippen LogP) is 4.25. The lowest BCUT2D eigenvalue weighted by molar-refractivity contribution is 0.0894. The molecule has 0 saturated carbocycles. The molecule has 0 spiro atoms. The molecule has 170 valence electrons. The van der Waals surface area contributed by atoms with E-state index in [1.807, 2.05) is 62.4 Å². The number of H-pyrrole nitrogens is 1. The number of hydrogen-bond acceptors (Lipinski definition) is 5. The second-order valence-corrected chi connectivity index (χ2v) is 8.11. The monoisotopic (exact) mass is 444 g/mol. The Morgan fingerprint density at radius 3 is 2.36 bits per heavy atom. The lowest BCUT2D eigenvalue weighted by Crippen LogP contribution is -2.30. The summed E-state index contributed by atoms with van der Waals surface area (Å²) in [6.07, 6.45) is 2.73. The standard InChI is InChI=1S/C25H28N6O2/c1-4-8-22-17(3)31(23(32)9-5-2)25(33)30(22)16-18-12-14-19(15-13-18)20-10-6-7-11-21(20)24-26-28-29-27-24/h6-7,10-15H,4-5,8-9,16H2,1-3H3,(H,26,27,28,29). The van der Waals surface area contributed by atoms with Crippen LogP contribution in [-0.4, -0.2) is 35.7 Å². The fraction of sp³-hybridized carbons (Fsp3) is 0.320. The molecular formula is C25H28N6O2. The van der Waals surface area contributed by atoms with E-state index in [9.17, 15) is 9.59 Å². The molecule has 0 atom stereocenters. The second-order valence-electron chi connectivity index (χ2n) is 8.11. The molecule has 1 N–H and O–H groups in total. The van der Waals surface area contributed by atoms with Gasteiger partial charge in [0.25, 0.3) is 0 Å². The summed E-state index contributed by atoms with van der Waals surface area (Å²) in [4.78, 5) is 25.7. The number of carbonyl (C=O) groups excluding carboxylic acids is 1. The van der Waals surface area contributed by atoms with Crippen LogP contribution in [0.25, 0.3) is 22.5 Å². The van der Waals surface area contributed by atoms with E-state index in [1.54, 1.807) is 4.57 Å². The maximum Gasteiger partial charge on any atom is 0.335 e. The highest BCUT2D eigenvalue weighted by Gasteiger charge is 2.20. The topological polar surface area (TPSA) is 98.5 Å². The molecule has 0 fully saturated rings. The Balaban J connectivity index is 1.67. The van der Waals surface area contributed by atoms with E-state index in [4.69, 9.17) is 0 Å². The number of carbonyl (C=O) groups is 1. The lowest BCUT2D eigenvalue weighted by atomic mass is 9.98. The number of aromatic nitrogens is 6. The van der Waals surface area contributed by atoms with Crippen LogP contribution in [0.5, 0.6) is 0 Å². The van der Waals surface area contributed by atoms with E-state index in [2.05, 4.69) is 27.5 Å². The first-order valence-electron chi connectivity index (χ1n) is 11.3. The van der Waals surface area contributed by atoms with Gasteiger partial charge in [-0.05, 0) is 41.7 Å². The predicted molar refractivity (Wildman–Crippen MR) is 127 cm³/mol. The Morgan fingerprint density at radius 1 is 1.00 bits per heavy atom. The molecule has 2 heterocycles. The van der Waals surface area contributed by atoms with Gasteiger partial charge >= 0.3 is 5.69 Å². The fourth-order valence-corrected chi connectivity index (χ4v) is 4.22. The van der Waals surface area contributed by atoms with E-state index in [0.717, 1.165) is 46.5 Å². The van der Waals surface area contributed by atoms with Crippen molar-refractivity contribution >= 4 is 5.91 Å². The Kier molecular flexibility index (Phi) is 6.63. The molecule has 0 bridgehead atoms. The first-order valence-corrected chi connectivity index (χ1v) is 11.3. The van der Waals surface area contributed by atoms with E-state index in [-0.39, 0.29) is 11.6 Å². The molecule has 8 heteroatoms. The van der Waals surface area contributed by atoms with Gasteiger partial charge in [0, 0.05) is 23.4 Å². The van der Waals surface area contributed by atoms with Gasteiger partial charge in [-0.3, -0.25) is 9.36 Å². The van der Waals surface area contributed by atoms with Gasteiger partial charge in [0.15, 0.2) is 0 Å². The summed E-state index contributed by atoms with van der Waals surface area (Å²) in [5, 5.41) is 14.4. The van der Waals surface area contributed by atoms with Crippen molar-refractivity contribution in [1.82, 2.24) is 29.8 Å². The number of rotatable bonds is 8. The molecule has 33 heavy (non-hydrogen) atoms. The smallest absolute Gasteiger partial charge is 0.291 e. The maximum absolute atomic E-state index is 13.2. The third-order valence-corrected chi connectivity index (χ3v) is 5.82. The molecule has 0 unspecified atom stereocenters. The zero-order valence-electron chi connectivity index (χ0n) is 19.2. The van der Waals surface area contributed by atoms with Gasteiger partial charge in [-0.15, -0.1) is 10.2 Å². The molecule has 0 aliphatic rings. The van der Waals surface area contributed by atoms with E-state index in [1.165, 1.54) is 4.57 Å². The Labute approximate surface area is 192 Å². The average Bonchev–Trinajstić information content (AvgIpc) is 3.43. The van der Waals surface area contributed by atoms with Crippen LogP contribution in [0.3, 0.4) is 0 Å². The van der Waals surface area contributed by atoms with Crippen LogP contribution >= 0.6 is 0 Å². The van der Waals surface area contributed by atoms with Gasteiger partial charge in [0.05, 0.1) is 6.54 Å². The Bertz CT molecular complexity index is 1300. The third kappa shape index (κ3) is 4.41. The number of nitrogens with zero attached hydrogens (tertiary/aromatic N) is 5. The molecule has 0 radical (unpaired) electrons. The van der Waals surface area contributed by atoms with E-state index < -0.39 is 0 Å². The minimum absolute atomic E-state index is 0.135. The maximum atomic E-state index is 13.2. The molecule has 0 amide bonds. The van der Waals surface area contributed by atoms with Crippen LogP contribution in [0.4, 0.5) is 0 Å². The summed E-state index contributed by atoms with van der Waals surface area (Å²) in [5.74, 6) is 0.406. The highest BCUT2D eigenvalue weighted by atomic mass is 16.2. The number of benzene rings is 2. The van der Waals surface area contributed by atoms with Crippen molar-refractivity contribution in [2.45, 2.75) is 53.0 Å². The molecule has 4 rings (SSSR count). The normalized spacial score (nSPS) is 11.1. The molecule has 8 nitrogen and oxygen atoms in total. The van der Waals surface area contributed by atoms with Gasteiger partial charge in [0.2, 0.25) is 11.7 Å². The van der Waals surface area contributed by atoms with Gasteiger partial charge in [-0.25, -0.2) is 9.36 Å². The van der Waals surface area contributed by atoms with Crippen LogP contribution < -0.4 is 5.69 Å². The van der Waals surface area contributed by atoms with Crippen molar-refractivity contribution in [2.24, 2.45) is 0 Å². The van der Waals surface area contributed by atoms with Crippen LogP contribution in [0.15, 0.2) is 53.3 Å². The van der Waals surface area contributed by atoms with Crippen molar-refractivity contribution in [1.29, 1.82) is 0 Å². The number of nitrogens with one attached hydrogen (secondary N) is 1. The quantitative estimate of drug-likeness (QED) is 0.438. The van der Waals surface area contributed by atoms with Gasteiger partial charge in [-0.1, -0.05) is 68.8 Å². The fourth-order valence-electron chi connectivity index (χ4n) is 4.22. The molecule has 0 aliphatic heterocycles. The van der Waals surface area contributed by atoms with E-state index in [0.29, 0.717) is 25.2 Å². The SMILES string of the molecule is CCCC(=O)n1c(C)c(CCC)n(Cc2ccc(-c3ccccc3-c3nn[nH]n3)cc2)c1=O. The average molecular weight is 445 g/mol. The number of tetrazole rings is 1. The van der Waals surface area contributed by atoms with Gasteiger partial charge in [0.1, 0.15) is 0 Å². The summed E-state index contributed by atoms with van der Waals surface area (Å²) >= 11 is 0. The number of hydrogen-bond donors (Lipinski definition) is 1. The van der Waals surface area contributed by atoms with Crippen LogP contribution in [0.2, 0.25) is 0 Å². The van der Waals surface area contributed by atoms with Crippen molar-refractivity contribution in [3.63, 3.8) is 0 Å². The molecular weight excluding hydrogens is 416 g/mol. The Morgan fingerprint density at radius 2 is 1.73 bits per heavy atom. The van der Waals surface area contributed by atoms with Crippen LogP contribution in [0, 0.1) is 6.92 Å². The van der Waals surface area contributed by atoms with E-state index >= 15 is 0 Å². The van der Waals surface area contributed by atoms with Gasteiger partial charge in [-0.2, -0.15) is 5.21 Å². The first kappa shape index (κ1) is 22.4. The highest BCUT2D eigenvalue weighted by Crippen LogP contribution is 2.29. The number of imidazole rings is 1. The van der Waals surface area contributed by atoms with Crippen LogP contribution in [-0.2, 0) is 13.0 Å². The van der Waals surface area contributed by atoms with Crippen LogP contribution in [0.1, 0.15) is 54.9 Å². The summed E-state index contributed by atoms with van der Waals surface area (Å²) < 4.78 is 3.10. The van der Waals surface area contributed by atoms with Gasteiger partial charge < -0.3 is 0 Å². The number of aromatic amines is 1. The summed E-state index contributed by atoms with van der Waals surface area (Å²) in [7, 11) is 0. The zero-order chi connectivity index (χ0) is 23.4. The third-order valence-electron chi connectivity index (χ3n) is 5.82. The highest BCUT2D eigenvalue weighted by molar-refractivity contribution is 5.80. The second kappa shape index (κ2) is 9.77.